The summed E-state index contributed by atoms with van der Waals surface area (Å²) in [4.78, 5) is 44.8. The van der Waals surface area contributed by atoms with E-state index >= 15 is 0 Å². The summed E-state index contributed by atoms with van der Waals surface area (Å²) in [6.45, 7) is 8.01. The molecule has 1 aliphatic heterocycles. The van der Waals surface area contributed by atoms with Gasteiger partial charge in [-0.1, -0.05) is 72.0 Å². The fraction of sp³-hybridized carbons (Fsp3) is 0.250. The number of aromatic nitrogens is 1. The fourth-order valence-corrected chi connectivity index (χ4v) is 7.77. The van der Waals surface area contributed by atoms with Gasteiger partial charge >= 0.3 is 11.9 Å². The van der Waals surface area contributed by atoms with Gasteiger partial charge in [-0.3, -0.25) is 14.2 Å². The predicted molar refractivity (Wildman–Crippen MR) is 206 cm³/mol. The van der Waals surface area contributed by atoms with Crippen molar-refractivity contribution in [2.45, 2.75) is 52.9 Å². The van der Waals surface area contributed by atoms with Crippen LogP contribution in [0.2, 0.25) is 0 Å². The van der Waals surface area contributed by atoms with E-state index in [-0.39, 0.29) is 29.6 Å². The van der Waals surface area contributed by atoms with Gasteiger partial charge in [-0.05, 0) is 108 Å². The van der Waals surface area contributed by atoms with Crippen LogP contribution in [0.15, 0.2) is 99.9 Å². The van der Waals surface area contributed by atoms with Crippen LogP contribution in [0, 0.1) is 3.57 Å². The predicted octanol–water partition coefficient (Wildman–Crippen LogP) is 6.64. The van der Waals surface area contributed by atoms with Crippen LogP contribution < -0.4 is 24.4 Å². The average molecular weight is 817 g/mol. The molecule has 0 amide bonds. The quantitative estimate of drug-likeness (QED) is 0.109. The van der Waals surface area contributed by atoms with E-state index in [0.717, 1.165) is 25.6 Å². The molecule has 262 valence electrons. The lowest BCUT2D eigenvalue weighted by atomic mass is 9.94. The normalized spacial score (nSPS) is 14.3. The van der Waals surface area contributed by atoms with Crippen LogP contribution in [0.5, 0.6) is 11.5 Å². The van der Waals surface area contributed by atoms with E-state index in [2.05, 4.69) is 52.9 Å². The number of hydrogen-bond acceptors (Lipinski definition) is 9. The Morgan fingerprint density at radius 2 is 1.71 bits per heavy atom. The summed E-state index contributed by atoms with van der Waals surface area (Å²) in [6.07, 6.45) is 1.54. The van der Waals surface area contributed by atoms with Gasteiger partial charge in [0.05, 0.1) is 51.7 Å². The molecule has 0 saturated carbocycles. The van der Waals surface area contributed by atoms with Gasteiger partial charge in [0.15, 0.2) is 16.3 Å². The SMILES string of the molecule is CCOc1cc(/C=c2/sc3n(c2=O)[C@@H](c2ccc(CC(=O)OC)cc2)C(C(=O)OC(C)C)=C(C)N=3)cc(I)c1OCc1ccc2ccccc2c1. The highest BCUT2D eigenvalue weighted by molar-refractivity contribution is 14.1. The van der Waals surface area contributed by atoms with E-state index < -0.39 is 12.0 Å². The topological polar surface area (TPSA) is 105 Å². The van der Waals surface area contributed by atoms with Crippen molar-refractivity contribution in [2.24, 2.45) is 4.99 Å². The number of esters is 2. The molecule has 0 bridgehead atoms. The lowest BCUT2D eigenvalue weighted by Crippen LogP contribution is -2.40. The van der Waals surface area contributed by atoms with Gasteiger partial charge in [0.2, 0.25) is 0 Å². The van der Waals surface area contributed by atoms with Crippen molar-refractivity contribution in [2.75, 3.05) is 13.7 Å². The Bertz CT molecular complexity index is 2340. The fourth-order valence-electron chi connectivity index (χ4n) is 5.94. The van der Waals surface area contributed by atoms with Gasteiger partial charge in [0.25, 0.3) is 5.56 Å². The molecule has 0 radical (unpaired) electrons. The first kappa shape index (κ1) is 36.1. The summed E-state index contributed by atoms with van der Waals surface area (Å²) in [7, 11) is 1.34. The van der Waals surface area contributed by atoms with E-state index in [1.807, 2.05) is 49.4 Å². The zero-order valence-corrected chi connectivity index (χ0v) is 31.9. The van der Waals surface area contributed by atoms with Crippen molar-refractivity contribution in [3.05, 3.63) is 136 Å². The van der Waals surface area contributed by atoms with Crippen molar-refractivity contribution in [3.8, 4) is 11.5 Å². The maximum atomic E-state index is 14.3. The van der Waals surface area contributed by atoms with Crippen LogP contribution in [0.3, 0.4) is 0 Å². The molecule has 0 N–H and O–H groups in total. The van der Waals surface area contributed by atoms with Crippen LogP contribution in [0.1, 0.15) is 56.0 Å². The molecule has 5 aromatic rings. The number of rotatable bonds is 11. The van der Waals surface area contributed by atoms with Crippen LogP contribution in [-0.4, -0.2) is 36.3 Å². The molecule has 2 heterocycles. The third kappa shape index (κ3) is 7.94. The largest absolute Gasteiger partial charge is 0.490 e. The maximum Gasteiger partial charge on any atom is 0.338 e. The number of allylic oxidation sites excluding steroid dienone is 1. The number of thiazole rings is 1. The Morgan fingerprint density at radius 1 is 0.980 bits per heavy atom. The van der Waals surface area contributed by atoms with Gasteiger partial charge in [0, 0.05) is 0 Å². The molecule has 4 aromatic carbocycles. The molecule has 0 aliphatic carbocycles. The Balaban J connectivity index is 1.38. The summed E-state index contributed by atoms with van der Waals surface area (Å²) in [5, 5.41) is 2.31. The molecule has 11 heteroatoms. The Hall–Kier alpha value is -4.75. The molecular formula is C40H37IN2O7S. The van der Waals surface area contributed by atoms with Crippen LogP contribution in [0.4, 0.5) is 0 Å². The van der Waals surface area contributed by atoms with Crippen molar-refractivity contribution in [1.29, 1.82) is 0 Å². The van der Waals surface area contributed by atoms with Crippen molar-refractivity contribution < 1.29 is 28.5 Å². The molecule has 51 heavy (non-hydrogen) atoms. The van der Waals surface area contributed by atoms with Crippen molar-refractivity contribution in [3.63, 3.8) is 0 Å². The Morgan fingerprint density at radius 3 is 2.41 bits per heavy atom. The smallest absolute Gasteiger partial charge is 0.338 e. The molecule has 1 aromatic heterocycles. The molecular weight excluding hydrogens is 779 g/mol. The highest BCUT2D eigenvalue weighted by Crippen LogP contribution is 2.36. The number of fused-ring (bicyclic) bond motifs is 2. The first-order valence-electron chi connectivity index (χ1n) is 16.5. The maximum absolute atomic E-state index is 14.3. The molecule has 6 rings (SSSR count). The van der Waals surface area contributed by atoms with Gasteiger partial charge in [-0.2, -0.15) is 0 Å². The highest BCUT2D eigenvalue weighted by atomic mass is 127. The van der Waals surface area contributed by atoms with Crippen LogP contribution in [-0.2, 0) is 32.1 Å². The van der Waals surface area contributed by atoms with Crippen LogP contribution in [0.25, 0.3) is 16.8 Å². The Kier molecular flexibility index (Phi) is 11.1. The number of carbonyl (C=O) groups is 2. The van der Waals surface area contributed by atoms with E-state index in [9.17, 15) is 14.4 Å². The average Bonchev–Trinajstić information content (AvgIpc) is 3.40. The van der Waals surface area contributed by atoms with E-state index in [0.29, 0.717) is 45.3 Å². The first-order valence-corrected chi connectivity index (χ1v) is 18.4. The van der Waals surface area contributed by atoms with Gasteiger partial charge < -0.3 is 18.9 Å². The van der Waals surface area contributed by atoms with Crippen LogP contribution >= 0.6 is 33.9 Å². The number of halogens is 1. The minimum absolute atomic E-state index is 0.104. The summed E-state index contributed by atoms with van der Waals surface area (Å²) in [6, 6.07) is 24.7. The minimum Gasteiger partial charge on any atom is -0.490 e. The summed E-state index contributed by atoms with van der Waals surface area (Å²) in [5.41, 5.74) is 3.68. The van der Waals surface area contributed by atoms with Gasteiger partial charge in [0.1, 0.15) is 6.61 Å². The number of methoxy groups -OCH3 is 1. The highest BCUT2D eigenvalue weighted by Gasteiger charge is 2.34. The number of benzene rings is 4. The zero-order valence-electron chi connectivity index (χ0n) is 28.9. The molecule has 0 saturated heterocycles. The number of ether oxygens (including phenoxy) is 4. The summed E-state index contributed by atoms with van der Waals surface area (Å²) >= 11 is 3.48. The van der Waals surface area contributed by atoms with E-state index in [1.54, 1.807) is 37.5 Å². The summed E-state index contributed by atoms with van der Waals surface area (Å²) < 4.78 is 25.6. The second-order valence-corrected chi connectivity index (χ2v) is 14.4. The molecule has 1 aliphatic rings. The van der Waals surface area contributed by atoms with Crippen molar-refractivity contribution >= 4 is 62.7 Å². The zero-order chi connectivity index (χ0) is 36.2. The van der Waals surface area contributed by atoms with E-state index in [1.165, 1.54) is 23.8 Å². The third-order valence-corrected chi connectivity index (χ3v) is 10.1. The molecule has 9 nitrogen and oxygen atoms in total. The minimum atomic E-state index is -0.785. The van der Waals surface area contributed by atoms with Crippen molar-refractivity contribution in [1.82, 2.24) is 4.57 Å². The molecule has 0 spiro atoms. The molecule has 0 fully saturated rings. The summed E-state index contributed by atoms with van der Waals surface area (Å²) in [5.74, 6) is 0.297. The molecule has 0 unspecified atom stereocenters. The number of nitrogens with zero attached hydrogens (tertiary/aromatic N) is 2. The number of hydrogen-bond donors (Lipinski definition) is 0. The Labute approximate surface area is 313 Å². The lowest BCUT2D eigenvalue weighted by molar-refractivity contribution is -0.143. The van der Waals surface area contributed by atoms with Gasteiger partial charge in [-0.15, -0.1) is 0 Å². The monoisotopic (exact) mass is 816 g/mol. The number of carbonyl (C=O) groups excluding carboxylic acids is 2. The second-order valence-electron chi connectivity index (χ2n) is 12.3. The van der Waals surface area contributed by atoms with E-state index in [4.69, 9.17) is 23.9 Å². The molecule has 1 atom stereocenters. The standard InChI is InChI=1S/C40H37IN2O7S/c1-6-48-32-19-27(18-31(41)37(32)49-22-26-13-14-28-9-7-8-10-30(28)17-26)20-33-38(45)43-36(29-15-11-25(12-16-29)21-34(44)47-5)35(39(46)50-23(2)3)24(4)42-40(43)51-33/h7-20,23,36H,6,21-22H2,1-5H3/b33-20+/t36-/m0/s1. The lowest BCUT2D eigenvalue weighted by Gasteiger charge is -2.25. The first-order chi connectivity index (χ1) is 24.6. The third-order valence-electron chi connectivity index (χ3n) is 8.28. The second kappa shape index (κ2) is 15.6. The van der Waals surface area contributed by atoms with Gasteiger partial charge in [-0.25, -0.2) is 9.79 Å².